The maximum atomic E-state index is 8.97. The molecule has 0 aliphatic carbocycles. The zero-order chi connectivity index (χ0) is 11.4. The third-order valence-electron chi connectivity index (χ3n) is 2.26. The van der Waals surface area contributed by atoms with Gasteiger partial charge in [-0.1, -0.05) is 29.8 Å². The molecule has 0 aliphatic heterocycles. The Morgan fingerprint density at radius 1 is 1.25 bits per heavy atom. The molecule has 84 valence electrons. The van der Waals surface area contributed by atoms with Gasteiger partial charge >= 0.3 is 0 Å². The van der Waals surface area contributed by atoms with Crippen LogP contribution in [-0.2, 0) is 12.4 Å². The van der Waals surface area contributed by atoms with Gasteiger partial charge in [0.1, 0.15) is 0 Å². The molecule has 0 atom stereocenters. The Balaban J connectivity index is 1.96. The highest BCUT2D eigenvalue weighted by atomic mass is 32.2. The van der Waals surface area contributed by atoms with Crippen LogP contribution < -0.4 is 0 Å². The molecule has 1 N–H and O–H groups in total. The fraction of sp³-hybridized carbons (Fsp3) is 0.231. The van der Waals surface area contributed by atoms with Gasteiger partial charge in [-0.15, -0.1) is 23.1 Å². The van der Waals surface area contributed by atoms with Gasteiger partial charge in [0.05, 0.1) is 10.8 Å². The van der Waals surface area contributed by atoms with E-state index in [1.807, 2.05) is 17.8 Å². The quantitative estimate of drug-likeness (QED) is 0.832. The average molecular weight is 250 g/mol. The molecule has 2 rings (SSSR count). The lowest BCUT2D eigenvalue weighted by atomic mass is 10.2. The van der Waals surface area contributed by atoms with Crippen LogP contribution in [0.2, 0.25) is 0 Å². The van der Waals surface area contributed by atoms with Crippen LogP contribution in [0.4, 0.5) is 0 Å². The number of hydrogen-bond donors (Lipinski definition) is 1. The van der Waals surface area contributed by atoms with Crippen LogP contribution in [0.25, 0.3) is 0 Å². The maximum Gasteiger partial charge on any atom is 0.0774 e. The van der Waals surface area contributed by atoms with Crippen LogP contribution in [0.3, 0.4) is 0 Å². The fourth-order valence-electron chi connectivity index (χ4n) is 1.48. The molecular weight excluding hydrogens is 236 g/mol. The number of thiophene rings is 1. The summed E-state index contributed by atoms with van der Waals surface area (Å²) in [6, 6.07) is 12.6. The SMILES string of the molecule is Cc1cccc(CSc2ccc(CO)s2)c1. The molecule has 1 heterocycles. The zero-order valence-electron chi connectivity index (χ0n) is 9.14. The monoisotopic (exact) mass is 250 g/mol. The molecule has 0 radical (unpaired) electrons. The lowest BCUT2D eigenvalue weighted by Crippen LogP contribution is -1.80. The topological polar surface area (TPSA) is 20.2 Å². The van der Waals surface area contributed by atoms with Crippen LogP contribution in [0.15, 0.2) is 40.6 Å². The molecule has 0 saturated heterocycles. The van der Waals surface area contributed by atoms with E-state index in [-0.39, 0.29) is 6.61 Å². The molecule has 16 heavy (non-hydrogen) atoms. The number of rotatable bonds is 4. The predicted octanol–water partition coefficient (Wildman–Crippen LogP) is 3.84. The van der Waals surface area contributed by atoms with E-state index in [1.54, 1.807) is 11.3 Å². The van der Waals surface area contributed by atoms with Crippen molar-refractivity contribution < 1.29 is 5.11 Å². The van der Waals surface area contributed by atoms with Crippen LogP contribution in [0.5, 0.6) is 0 Å². The van der Waals surface area contributed by atoms with Crippen molar-refractivity contribution in [2.75, 3.05) is 0 Å². The molecular formula is C13H14OS2. The third kappa shape index (κ3) is 3.11. The first kappa shape index (κ1) is 11.7. The van der Waals surface area contributed by atoms with Gasteiger partial charge in [0.2, 0.25) is 0 Å². The van der Waals surface area contributed by atoms with E-state index in [0.717, 1.165) is 10.6 Å². The standard InChI is InChI=1S/C13H14OS2/c1-10-3-2-4-11(7-10)9-15-13-6-5-12(8-14)16-13/h2-7,14H,8-9H2,1H3. The van der Waals surface area contributed by atoms with Crippen molar-refractivity contribution in [3.8, 4) is 0 Å². The van der Waals surface area contributed by atoms with Crippen molar-refractivity contribution in [2.24, 2.45) is 0 Å². The summed E-state index contributed by atoms with van der Waals surface area (Å²) < 4.78 is 1.27. The number of thioether (sulfide) groups is 1. The summed E-state index contributed by atoms with van der Waals surface area (Å²) in [4.78, 5) is 1.03. The van der Waals surface area contributed by atoms with Crippen molar-refractivity contribution in [3.63, 3.8) is 0 Å². The Kier molecular flexibility index (Phi) is 4.04. The molecule has 0 amide bonds. The van der Waals surface area contributed by atoms with Gasteiger partial charge in [-0.2, -0.15) is 0 Å². The normalized spacial score (nSPS) is 10.6. The summed E-state index contributed by atoms with van der Waals surface area (Å²) in [7, 11) is 0. The summed E-state index contributed by atoms with van der Waals surface area (Å²) in [6.45, 7) is 2.26. The highest BCUT2D eigenvalue weighted by molar-refractivity contribution is 8.00. The Morgan fingerprint density at radius 2 is 2.12 bits per heavy atom. The molecule has 0 saturated carbocycles. The smallest absolute Gasteiger partial charge is 0.0774 e. The van der Waals surface area contributed by atoms with E-state index in [9.17, 15) is 0 Å². The van der Waals surface area contributed by atoms with Crippen LogP contribution in [0.1, 0.15) is 16.0 Å². The first-order valence-electron chi connectivity index (χ1n) is 5.16. The fourth-order valence-corrected chi connectivity index (χ4v) is 3.46. The number of hydrogen-bond acceptors (Lipinski definition) is 3. The molecule has 0 spiro atoms. The number of aliphatic hydroxyl groups is 1. The lowest BCUT2D eigenvalue weighted by molar-refractivity contribution is 0.285. The minimum Gasteiger partial charge on any atom is -0.391 e. The minimum absolute atomic E-state index is 0.148. The van der Waals surface area contributed by atoms with E-state index in [0.29, 0.717) is 0 Å². The summed E-state index contributed by atoms with van der Waals surface area (Å²) in [6.07, 6.45) is 0. The first-order valence-corrected chi connectivity index (χ1v) is 6.96. The van der Waals surface area contributed by atoms with E-state index >= 15 is 0 Å². The second-order valence-corrected chi connectivity index (χ2v) is 6.10. The number of benzene rings is 1. The van der Waals surface area contributed by atoms with Gasteiger partial charge in [-0.25, -0.2) is 0 Å². The van der Waals surface area contributed by atoms with Gasteiger partial charge in [0.15, 0.2) is 0 Å². The van der Waals surface area contributed by atoms with Crippen molar-refractivity contribution in [1.29, 1.82) is 0 Å². The molecule has 1 nitrogen and oxygen atoms in total. The van der Waals surface area contributed by atoms with E-state index in [1.165, 1.54) is 15.3 Å². The van der Waals surface area contributed by atoms with Crippen molar-refractivity contribution in [2.45, 2.75) is 23.5 Å². The predicted molar refractivity (Wildman–Crippen MR) is 71.0 cm³/mol. The Bertz CT molecular complexity index is 462. The third-order valence-corrected chi connectivity index (χ3v) is 4.62. The highest BCUT2D eigenvalue weighted by Crippen LogP contribution is 2.30. The Labute approximate surface area is 104 Å². The molecule has 1 aromatic carbocycles. The summed E-state index contributed by atoms with van der Waals surface area (Å²) in [5, 5.41) is 8.97. The minimum atomic E-state index is 0.148. The number of aliphatic hydroxyl groups excluding tert-OH is 1. The summed E-state index contributed by atoms with van der Waals surface area (Å²) >= 11 is 3.50. The van der Waals surface area contributed by atoms with Crippen molar-refractivity contribution in [3.05, 3.63) is 52.4 Å². The zero-order valence-corrected chi connectivity index (χ0v) is 10.8. The van der Waals surface area contributed by atoms with Crippen molar-refractivity contribution in [1.82, 2.24) is 0 Å². The van der Waals surface area contributed by atoms with Gasteiger partial charge in [-0.05, 0) is 24.6 Å². The second kappa shape index (κ2) is 5.53. The lowest BCUT2D eigenvalue weighted by Gasteiger charge is -2.00. The molecule has 0 unspecified atom stereocenters. The molecule has 2 aromatic rings. The van der Waals surface area contributed by atoms with E-state index in [2.05, 4.69) is 37.3 Å². The molecule has 0 aliphatic rings. The first-order chi connectivity index (χ1) is 7.78. The largest absolute Gasteiger partial charge is 0.391 e. The number of aryl methyl sites for hydroxylation is 1. The van der Waals surface area contributed by atoms with Crippen molar-refractivity contribution >= 4 is 23.1 Å². The van der Waals surface area contributed by atoms with Gasteiger partial charge < -0.3 is 5.11 Å². The summed E-state index contributed by atoms with van der Waals surface area (Å²) in [5.41, 5.74) is 2.66. The van der Waals surface area contributed by atoms with Crippen LogP contribution in [-0.4, -0.2) is 5.11 Å². The Hall–Kier alpha value is -0.770. The second-order valence-electron chi connectivity index (χ2n) is 3.66. The molecule has 1 aromatic heterocycles. The maximum absolute atomic E-state index is 8.97. The highest BCUT2D eigenvalue weighted by Gasteiger charge is 2.00. The van der Waals surface area contributed by atoms with Gasteiger partial charge in [0, 0.05) is 10.6 Å². The Morgan fingerprint density at radius 3 is 2.81 bits per heavy atom. The van der Waals surface area contributed by atoms with E-state index < -0.39 is 0 Å². The van der Waals surface area contributed by atoms with Crippen LogP contribution in [0, 0.1) is 6.92 Å². The molecule has 0 fully saturated rings. The molecule has 3 heteroatoms. The van der Waals surface area contributed by atoms with Gasteiger partial charge in [0.25, 0.3) is 0 Å². The summed E-state index contributed by atoms with van der Waals surface area (Å²) in [5.74, 6) is 0.993. The van der Waals surface area contributed by atoms with Gasteiger partial charge in [-0.3, -0.25) is 0 Å². The van der Waals surface area contributed by atoms with Crippen LogP contribution >= 0.6 is 23.1 Å². The molecule has 0 bridgehead atoms. The average Bonchev–Trinajstić information content (AvgIpc) is 2.74. The van der Waals surface area contributed by atoms with E-state index in [4.69, 9.17) is 5.11 Å².